The SMILES string of the molecule is O=C(NCc1cccc2cc(CN3CCCC3)ccc12)c1ccc(-c2ccc(C(F)(F)F)cc2)cc1. The van der Waals surface area contributed by atoms with E-state index in [9.17, 15) is 18.0 Å². The Balaban J connectivity index is 1.24. The summed E-state index contributed by atoms with van der Waals surface area (Å²) in [6, 6.07) is 24.6. The highest BCUT2D eigenvalue weighted by Crippen LogP contribution is 2.31. The van der Waals surface area contributed by atoms with Crippen LogP contribution in [-0.4, -0.2) is 23.9 Å². The maximum absolute atomic E-state index is 12.8. The molecular weight excluding hydrogens is 461 g/mol. The zero-order valence-corrected chi connectivity index (χ0v) is 19.8. The Bertz CT molecular complexity index is 1360. The number of alkyl halides is 3. The molecule has 1 fully saturated rings. The van der Waals surface area contributed by atoms with Crippen molar-refractivity contribution in [3.8, 4) is 11.1 Å². The Hall–Kier alpha value is -3.64. The number of fused-ring (bicyclic) bond motifs is 1. The van der Waals surface area contributed by atoms with Gasteiger partial charge in [0.25, 0.3) is 5.91 Å². The second-order valence-electron chi connectivity index (χ2n) is 9.29. The van der Waals surface area contributed by atoms with E-state index in [-0.39, 0.29) is 5.91 Å². The molecule has 4 aromatic carbocycles. The van der Waals surface area contributed by atoms with Crippen LogP contribution in [0, 0.1) is 0 Å². The molecule has 0 spiro atoms. The summed E-state index contributed by atoms with van der Waals surface area (Å²) in [7, 11) is 0. The predicted molar refractivity (Wildman–Crippen MR) is 137 cm³/mol. The molecule has 0 saturated carbocycles. The van der Waals surface area contributed by atoms with Crippen molar-refractivity contribution in [1.82, 2.24) is 10.2 Å². The number of nitrogens with zero attached hydrogens (tertiary/aromatic N) is 1. The van der Waals surface area contributed by atoms with Crippen LogP contribution in [0.3, 0.4) is 0 Å². The molecule has 1 saturated heterocycles. The molecule has 0 bridgehead atoms. The summed E-state index contributed by atoms with van der Waals surface area (Å²) in [4.78, 5) is 15.2. The van der Waals surface area contributed by atoms with Crippen LogP contribution in [0.1, 0.15) is 39.9 Å². The highest BCUT2D eigenvalue weighted by Gasteiger charge is 2.30. The molecule has 1 heterocycles. The predicted octanol–water partition coefficient (Wildman–Crippen LogP) is 7.05. The number of halogens is 3. The lowest BCUT2D eigenvalue weighted by atomic mass is 10.0. The molecule has 36 heavy (non-hydrogen) atoms. The maximum Gasteiger partial charge on any atom is 0.416 e. The highest BCUT2D eigenvalue weighted by molar-refractivity contribution is 5.95. The third-order valence-electron chi connectivity index (χ3n) is 6.77. The van der Waals surface area contributed by atoms with E-state index < -0.39 is 11.7 Å². The average molecular weight is 489 g/mol. The zero-order chi connectivity index (χ0) is 25.1. The third kappa shape index (κ3) is 5.44. The standard InChI is InChI=1S/C30H27F3N2O/c31-30(32,33)27-13-11-23(12-14-27)22-7-9-24(10-8-22)29(36)34-19-26-5-3-4-25-18-21(6-15-28(25)26)20-35-16-1-2-17-35/h3-15,18H,1-2,16-17,19-20H2,(H,34,36). The van der Waals surface area contributed by atoms with Crippen LogP contribution in [0.25, 0.3) is 21.9 Å². The van der Waals surface area contributed by atoms with E-state index in [1.807, 2.05) is 12.1 Å². The molecule has 0 aromatic heterocycles. The van der Waals surface area contributed by atoms with Gasteiger partial charge in [0.2, 0.25) is 0 Å². The Labute approximate surface area is 208 Å². The first-order valence-electron chi connectivity index (χ1n) is 12.2. The van der Waals surface area contributed by atoms with E-state index in [1.54, 1.807) is 24.3 Å². The van der Waals surface area contributed by atoms with Gasteiger partial charge in [-0.1, -0.05) is 54.6 Å². The molecule has 1 N–H and O–H groups in total. The lowest BCUT2D eigenvalue weighted by Crippen LogP contribution is -2.22. The summed E-state index contributed by atoms with van der Waals surface area (Å²) in [6.07, 6.45) is -1.81. The number of likely N-dealkylation sites (tertiary alicyclic amines) is 1. The molecule has 6 heteroatoms. The van der Waals surface area contributed by atoms with Crippen LogP contribution in [0.5, 0.6) is 0 Å². The molecule has 1 amide bonds. The number of hydrogen-bond acceptors (Lipinski definition) is 2. The molecule has 0 atom stereocenters. The largest absolute Gasteiger partial charge is 0.416 e. The van der Waals surface area contributed by atoms with Crippen molar-refractivity contribution < 1.29 is 18.0 Å². The summed E-state index contributed by atoms with van der Waals surface area (Å²) in [5.74, 6) is -0.198. The molecule has 4 aromatic rings. The monoisotopic (exact) mass is 488 g/mol. The summed E-state index contributed by atoms with van der Waals surface area (Å²) in [5, 5.41) is 5.28. The van der Waals surface area contributed by atoms with Gasteiger partial charge < -0.3 is 5.32 Å². The summed E-state index contributed by atoms with van der Waals surface area (Å²) >= 11 is 0. The fraction of sp³-hybridized carbons (Fsp3) is 0.233. The second-order valence-corrected chi connectivity index (χ2v) is 9.29. The van der Waals surface area contributed by atoms with Gasteiger partial charge in [0.05, 0.1) is 5.56 Å². The summed E-state index contributed by atoms with van der Waals surface area (Å²) in [5.41, 5.74) is 3.58. The van der Waals surface area contributed by atoms with E-state index in [2.05, 4.69) is 34.5 Å². The van der Waals surface area contributed by atoms with E-state index >= 15 is 0 Å². The number of carbonyl (C=O) groups excluding carboxylic acids is 1. The minimum Gasteiger partial charge on any atom is -0.348 e. The van der Waals surface area contributed by atoms with Crippen molar-refractivity contribution in [2.75, 3.05) is 13.1 Å². The van der Waals surface area contributed by atoms with Gasteiger partial charge in [-0.3, -0.25) is 9.69 Å². The molecule has 0 unspecified atom stereocenters. The minimum absolute atomic E-state index is 0.198. The van der Waals surface area contributed by atoms with Crippen LogP contribution in [0.2, 0.25) is 0 Å². The molecule has 5 rings (SSSR count). The van der Waals surface area contributed by atoms with Crippen molar-refractivity contribution in [3.05, 3.63) is 107 Å². The second kappa shape index (κ2) is 10.2. The van der Waals surface area contributed by atoms with Crippen molar-refractivity contribution in [1.29, 1.82) is 0 Å². The molecular formula is C30H27F3N2O. The smallest absolute Gasteiger partial charge is 0.348 e. The first-order valence-corrected chi connectivity index (χ1v) is 12.2. The molecule has 184 valence electrons. The Kier molecular flexibility index (Phi) is 6.79. The van der Waals surface area contributed by atoms with Crippen molar-refractivity contribution in [2.45, 2.75) is 32.1 Å². The Morgan fingerprint density at radius 3 is 2.17 bits per heavy atom. The number of nitrogens with one attached hydrogen (secondary N) is 1. The Morgan fingerprint density at radius 2 is 1.50 bits per heavy atom. The van der Waals surface area contributed by atoms with Crippen LogP contribution >= 0.6 is 0 Å². The van der Waals surface area contributed by atoms with E-state index in [4.69, 9.17) is 0 Å². The minimum atomic E-state index is -4.36. The average Bonchev–Trinajstić information content (AvgIpc) is 3.40. The molecule has 1 aliphatic rings. The zero-order valence-electron chi connectivity index (χ0n) is 19.8. The third-order valence-corrected chi connectivity index (χ3v) is 6.77. The molecule has 0 radical (unpaired) electrons. The number of amides is 1. The van der Waals surface area contributed by atoms with Crippen LogP contribution in [0.4, 0.5) is 13.2 Å². The normalized spacial score (nSPS) is 14.3. The number of benzene rings is 4. The van der Waals surface area contributed by atoms with Gasteiger partial charge in [-0.25, -0.2) is 0 Å². The number of hydrogen-bond donors (Lipinski definition) is 1. The quantitative estimate of drug-likeness (QED) is 0.315. The summed E-state index contributed by atoms with van der Waals surface area (Å²) in [6.45, 7) is 3.70. The van der Waals surface area contributed by atoms with Gasteiger partial charge in [-0.2, -0.15) is 13.2 Å². The van der Waals surface area contributed by atoms with Crippen molar-refractivity contribution in [2.24, 2.45) is 0 Å². The van der Waals surface area contributed by atoms with Crippen molar-refractivity contribution >= 4 is 16.7 Å². The first kappa shape index (κ1) is 24.1. The van der Waals surface area contributed by atoms with Crippen LogP contribution in [0.15, 0.2) is 84.9 Å². The lowest BCUT2D eigenvalue weighted by Gasteiger charge is -2.15. The van der Waals surface area contributed by atoms with Gasteiger partial charge in [0.15, 0.2) is 0 Å². The molecule has 3 nitrogen and oxygen atoms in total. The Morgan fingerprint density at radius 1 is 0.833 bits per heavy atom. The molecule has 0 aliphatic carbocycles. The van der Waals surface area contributed by atoms with Gasteiger partial charge in [0.1, 0.15) is 0 Å². The number of rotatable bonds is 6. The van der Waals surface area contributed by atoms with Crippen LogP contribution in [-0.2, 0) is 19.3 Å². The topological polar surface area (TPSA) is 32.3 Å². The lowest BCUT2D eigenvalue weighted by molar-refractivity contribution is -0.137. The van der Waals surface area contributed by atoms with Gasteiger partial charge in [-0.05, 0) is 89.3 Å². The highest BCUT2D eigenvalue weighted by atomic mass is 19.4. The summed E-state index contributed by atoms with van der Waals surface area (Å²) < 4.78 is 38.4. The van der Waals surface area contributed by atoms with E-state index in [1.165, 1.54) is 35.9 Å². The van der Waals surface area contributed by atoms with Gasteiger partial charge >= 0.3 is 6.18 Å². The molecule has 1 aliphatic heterocycles. The van der Waals surface area contributed by atoms with Crippen molar-refractivity contribution in [3.63, 3.8) is 0 Å². The van der Waals surface area contributed by atoms with Gasteiger partial charge in [-0.15, -0.1) is 0 Å². The fourth-order valence-electron chi connectivity index (χ4n) is 4.79. The number of carbonyl (C=O) groups is 1. The first-order chi connectivity index (χ1) is 17.4. The fourth-order valence-corrected chi connectivity index (χ4v) is 4.79. The van der Waals surface area contributed by atoms with E-state index in [0.717, 1.165) is 48.3 Å². The van der Waals surface area contributed by atoms with Gasteiger partial charge in [0, 0.05) is 18.7 Å². The van der Waals surface area contributed by atoms with Crippen LogP contribution < -0.4 is 5.32 Å². The van der Waals surface area contributed by atoms with E-state index in [0.29, 0.717) is 17.7 Å². The maximum atomic E-state index is 12.8.